The first kappa shape index (κ1) is 23.8. The second-order valence-corrected chi connectivity index (χ2v) is 7.92. The lowest BCUT2D eigenvalue weighted by Crippen LogP contribution is -2.14. The maximum Gasteiger partial charge on any atom is 0.353 e. The lowest BCUT2D eigenvalue weighted by Gasteiger charge is -2.06. The number of aliphatic carboxylic acids is 1. The fourth-order valence-corrected chi connectivity index (χ4v) is 3.38. The van der Waals surface area contributed by atoms with Crippen LogP contribution in [-0.4, -0.2) is 21.8 Å². The number of aromatic nitrogens is 1. The third-order valence-electron chi connectivity index (χ3n) is 5.36. The van der Waals surface area contributed by atoms with Crippen LogP contribution < -0.4 is 4.74 Å². The second kappa shape index (κ2) is 11.7. The number of oxime groups is 1. The molecule has 3 aromatic carbocycles. The summed E-state index contributed by atoms with van der Waals surface area (Å²) in [4.78, 5) is 21.3. The Morgan fingerprint density at radius 2 is 1.60 bits per heavy atom. The van der Waals surface area contributed by atoms with Crippen LogP contribution in [0.2, 0.25) is 0 Å². The lowest BCUT2D eigenvalue weighted by molar-refractivity contribution is -0.129. The molecule has 1 N–H and O–H groups in total. The highest BCUT2D eigenvalue weighted by Gasteiger charge is 2.12. The van der Waals surface area contributed by atoms with Crippen molar-refractivity contribution in [1.29, 1.82) is 0 Å². The summed E-state index contributed by atoms with van der Waals surface area (Å²) in [6, 6.07) is 26.7. The summed E-state index contributed by atoms with van der Waals surface area (Å²) in [6.45, 7) is 2.31. The van der Waals surface area contributed by atoms with E-state index >= 15 is 0 Å². The molecule has 0 amide bonds. The van der Waals surface area contributed by atoms with Crippen LogP contribution in [0, 0.1) is 6.92 Å². The molecule has 7 heteroatoms. The third kappa shape index (κ3) is 6.80. The van der Waals surface area contributed by atoms with Gasteiger partial charge in [-0.1, -0.05) is 65.8 Å². The summed E-state index contributed by atoms with van der Waals surface area (Å²) < 4.78 is 11.6. The van der Waals surface area contributed by atoms with E-state index in [-0.39, 0.29) is 18.9 Å². The Morgan fingerprint density at radius 1 is 0.914 bits per heavy atom. The number of hydrogen-bond acceptors (Lipinski definition) is 6. The van der Waals surface area contributed by atoms with Gasteiger partial charge in [0, 0.05) is 12.0 Å². The number of hydrogen-bond donors (Lipinski definition) is 1. The minimum Gasteiger partial charge on any atom is -0.487 e. The summed E-state index contributed by atoms with van der Waals surface area (Å²) >= 11 is 0. The van der Waals surface area contributed by atoms with Gasteiger partial charge >= 0.3 is 5.97 Å². The van der Waals surface area contributed by atoms with Crippen molar-refractivity contribution < 1.29 is 23.9 Å². The topological polar surface area (TPSA) is 94.2 Å². The zero-order valence-electron chi connectivity index (χ0n) is 19.4. The number of aryl methyl sites for hydroxylation is 2. The summed E-state index contributed by atoms with van der Waals surface area (Å²) in [5.74, 6) is 0.880. The Balaban J connectivity index is 1.28. The van der Waals surface area contributed by atoms with E-state index < -0.39 is 5.97 Å². The number of oxazole rings is 1. The van der Waals surface area contributed by atoms with E-state index in [1.54, 1.807) is 0 Å². The molecule has 0 radical (unpaired) electrons. The predicted octanol–water partition coefficient (Wildman–Crippen LogP) is 5.82. The smallest absolute Gasteiger partial charge is 0.353 e. The Labute approximate surface area is 203 Å². The minimum absolute atomic E-state index is 0.00772. The van der Waals surface area contributed by atoms with Crippen LogP contribution in [0.3, 0.4) is 0 Å². The van der Waals surface area contributed by atoms with E-state index in [0.29, 0.717) is 30.2 Å². The third-order valence-corrected chi connectivity index (χ3v) is 5.36. The van der Waals surface area contributed by atoms with Gasteiger partial charge in [-0.15, -0.1) is 0 Å². The van der Waals surface area contributed by atoms with E-state index in [2.05, 4.69) is 10.1 Å². The van der Waals surface area contributed by atoms with Crippen molar-refractivity contribution in [1.82, 2.24) is 4.98 Å². The molecule has 7 nitrogen and oxygen atoms in total. The van der Waals surface area contributed by atoms with E-state index in [9.17, 15) is 9.90 Å². The summed E-state index contributed by atoms with van der Waals surface area (Å²) in [5.41, 5.74) is 3.54. The average molecular weight is 471 g/mol. The van der Waals surface area contributed by atoms with Gasteiger partial charge in [-0.25, -0.2) is 9.78 Å². The normalized spacial score (nSPS) is 11.3. The van der Waals surface area contributed by atoms with Crippen LogP contribution in [0.5, 0.6) is 5.75 Å². The molecule has 1 heterocycles. The second-order valence-electron chi connectivity index (χ2n) is 7.92. The highest BCUT2D eigenvalue weighted by atomic mass is 16.6. The van der Waals surface area contributed by atoms with Gasteiger partial charge in [0.25, 0.3) is 0 Å². The number of carboxylic acid groups (broad SMARTS) is 1. The van der Waals surface area contributed by atoms with Crippen LogP contribution in [0.15, 0.2) is 94.5 Å². The first-order chi connectivity index (χ1) is 17.1. The Bertz CT molecular complexity index is 1270. The molecule has 0 saturated heterocycles. The molecule has 1 aromatic heterocycles. The first-order valence-electron chi connectivity index (χ1n) is 11.3. The molecule has 0 spiro atoms. The zero-order chi connectivity index (χ0) is 24.5. The van der Waals surface area contributed by atoms with Crippen LogP contribution in [0.4, 0.5) is 0 Å². The largest absolute Gasteiger partial charge is 0.487 e. The number of ether oxygens (including phenoxy) is 1. The molecule has 0 aliphatic rings. The van der Waals surface area contributed by atoms with Crippen LogP contribution in [-0.2, 0) is 29.3 Å². The highest BCUT2D eigenvalue weighted by Crippen LogP contribution is 2.23. The minimum atomic E-state index is -1.08. The maximum absolute atomic E-state index is 11.5. The zero-order valence-corrected chi connectivity index (χ0v) is 19.4. The predicted molar refractivity (Wildman–Crippen MR) is 132 cm³/mol. The van der Waals surface area contributed by atoms with E-state index in [4.69, 9.17) is 14.0 Å². The van der Waals surface area contributed by atoms with Crippen molar-refractivity contribution in [2.45, 2.75) is 33.0 Å². The van der Waals surface area contributed by atoms with Crippen molar-refractivity contribution in [2.75, 3.05) is 0 Å². The molecule has 0 atom stereocenters. The van der Waals surface area contributed by atoms with Gasteiger partial charge in [-0.2, -0.15) is 0 Å². The van der Waals surface area contributed by atoms with Crippen LogP contribution >= 0.6 is 0 Å². The maximum atomic E-state index is 11.5. The number of carboxylic acids is 1. The fraction of sp³-hybridized carbons (Fsp3) is 0.179. The molecule has 0 aliphatic heterocycles. The van der Waals surface area contributed by atoms with Gasteiger partial charge in [0.15, 0.2) is 5.71 Å². The SMILES string of the molecule is Cc1oc(-c2ccccc2)nc1COc1ccc(CO/N=C(\CCc2ccccc2)C(=O)O)cc1. The number of benzene rings is 3. The van der Waals surface area contributed by atoms with Crippen molar-refractivity contribution >= 4 is 11.7 Å². The molecule has 0 fully saturated rings. The number of nitrogens with zero attached hydrogens (tertiary/aromatic N) is 2. The van der Waals surface area contributed by atoms with Gasteiger partial charge < -0.3 is 19.1 Å². The van der Waals surface area contributed by atoms with Gasteiger partial charge in [-0.3, -0.25) is 0 Å². The van der Waals surface area contributed by atoms with Gasteiger partial charge in [0.1, 0.15) is 30.4 Å². The summed E-state index contributed by atoms with van der Waals surface area (Å²) in [6.07, 6.45) is 0.874. The molecule has 0 saturated carbocycles. The molecular formula is C28H26N2O5. The highest BCUT2D eigenvalue weighted by molar-refractivity contribution is 6.35. The van der Waals surface area contributed by atoms with Crippen molar-refractivity contribution in [3.63, 3.8) is 0 Å². The van der Waals surface area contributed by atoms with Gasteiger partial charge in [0.2, 0.25) is 5.89 Å². The molecular weight excluding hydrogens is 444 g/mol. The molecule has 35 heavy (non-hydrogen) atoms. The standard InChI is InChI=1S/C28H26N2O5/c1-20-26(29-27(35-20)23-10-6-3-7-11-23)19-33-24-15-12-22(13-16-24)18-34-30-25(28(31)32)17-14-21-8-4-2-5-9-21/h2-13,15-16H,14,17-19H2,1H3,(H,31,32)/b30-25+. The fourth-order valence-electron chi connectivity index (χ4n) is 3.38. The monoisotopic (exact) mass is 470 g/mol. The quantitative estimate of drug-likeness (QED) is 0.219. The number of rotatable bonds is 11. The summed E-state index contributed by atoms with van der Waals surface area (Å²) in [7, 11) is 0. The van der Waals surface area contributed by atoms with Crippen LogP contribution in [0.25, 0.3) is 11.5 Å². The van der Waals surface area contributed by atoms with Crippen molar-refractivity contribution in [2.24, 2.45) is 5.16 Å². The molecule has 0 bridgehead atoms. The lowest BCUT2D eigenvalue weighted by atomic mass is 10.1. The van der Waals surface area contributed by atoms with E-state index in [1.165, 1.54) is 0 Å². The Hall–Kier alpha value is -4.39. The van der Waals surface area contributed by atoms with E-state index in [0.717, 1.165) is 22.4 Å². The molecule has 4 aromatic rings. The molecule has 4 rings (SSSR count). The van der Waals surface area contributed by atoms with Gasteiger partial charge in [0.05, 0.1) is 0 Å². The van der Waals surface area contributed by atoms with Crippen molar-refractivity contribution in [3.8, 4) is 17.2 Å². The van der Waals surface area contributed by atoms with Crippen LogP contribution in [0.1, 0.15) is 29.0 Å². The molecule has 178 valence electrons. The van der Waals surface area contributed by atoms with Gasteiger partial charge in [-0.05, 0) is 48.7 Å². The average Bonchev–Trinajstić information content (AvgIpc) is 3.27. The molecule has 0 aliphatic carbocycles. The summed E-state index contributed by atoms with van der Waals surface area (Å²) in [5, 5.41) is 13.2. The number of carbonyl (C=O) groups is 1. The Morgan fingerprint density at radius 3 is 2.29 bits per heavy atom. The first-order valence-corrected chi connectivity index (χ1v) is 11.3. The molecule has 0 unspecified atom stereocenters. The van der Waals surface area contributed by atoms with E-state index in [1.807, 2.05) is 91.9 Å². The Kier molecular flexibility index (Phi) is 7.91. The van der Waals surface area contributed by atoms with Crippen molar-refractivity contribution in [3.05, 3.63) is 108 Å².